The van der Waals surface area contributed by atoms with Gasteiger partial charge < -0.3 is 24.6 Å². The molecule has 3 rings (SSSR count). The summed E-state index contributed by atoms with van der Waals surface area (Å²) in [4.78, 5) is 12.8. The van der Waals surface area contributed by atoms with Gasteiger partial charge in [-0.15, -0.1) is 0 Å². The molecule has 1 aromatic heterocycles. The van der Waals surface area contributed by atoms with E-state index >= 15 is 0 Å². The van der Waals surface area contributed by atoms with Gasteiger partial charge in [0, 0.05) is 24.4 Å². The van der Waals surface area contributed by atoms with E-state index in [1.165, 1.54) is 16.8 Å². The molecule has 0 aliphatic carbocycles. The van der Waals surface area contributed by atoms with Gasteiger partial charge in [0.15, 0.2) is 0 Å². The molecule has 1 aliphatic heterocycles. The second-order valence-corrected chi connectivity index (χ2v) is 7.55. The maximum absolute atomic E-state index is 12.8. The number of pyridine rings is 1. The topological polar surface area (TPSA) is 116 Å². The van der Waals surface area contributed by atoms with Crippen molar-refractivity contribution in [3.05, 3.63) is 63.6 Å². The summed E-state index contributed by atoms with van der Waals surface area (Å²) in [5, 5.41) is 39.2. The molecule has 2 heterocycles. The van der Waals surface area contributed by atoms with Crippen LogP contribution < -0.4 is 10.3 Å². The van der Waals surface area contributed by atoms with Crippen molar-refractivity contribution in [2.75, 3.05) is 6.61 Å². The van der Waals surface area contributed by atoms with Crippen molar-refractivity contribution in [2.24, 2.45) is 0 Å². The van der Waals surface area contributed by atoms with Crippen molar-refractivity contribution >= 4 is 0 Å². The van der Waals surface area contributed by atoms with Gasteiger partial charge in [0.2, 0.25) is 0 Å². The van der Waals surface area contributed by atoms with Gasteiger partial charge in [-0.3, -0.25) is 4.79 Å². The fraction of sp³-hybridized carbons (Fsp3) is 0.429. The van der Waals surface area contributed by atoms with Crippen molar-refractivity contribution in [3.8, 4) is 11.8 Å². The van der Waals surface area contributed by atoms with Crippen molar-refractivity contribution in [2.45, 2.75) is 50.5 Å². The number of aliphatic hydroxyl groups is 3. The molecule has 28 heavy (non-hydrogen) atoms. The average molecular weight is 384 g/mol. The molecule has 0 saturated carbocycles. The zero-order chi connectivity index (χ0) is 20.5. The summed E-state index contributed by atoms with van der Waals surface area (Å²) in [6, 6.07) is 9.23. The standard InChI is InChI=1S/C21H24N2O5/c1-21(2)20(27)19(15-10-13(12-22)5-6-17(15)28-21)23-8-7-14(11-18(23)26)16(25)4-3-9-24/h5-8,10-11,16,19-20,24-25,27H,3-4,9H2,1-2H3/t16?,19-,20+/m1/s1. The fourth-order valence-electron chi connectivity index (χ4n) is 3.53. The Bertz CT molecular complexity index is 960. The van der Waals surface area contributed by atoms with E-state index in [2.05, 4.69) is 6.07 Å². The number of benzene rings is 1. The fourth-order valence-corrected chi connectivity index (χ4v) is 3.53. The number of hydrogen-bond acceptors (Lipinski definition) is 6. The molecule has 0 amide bonds. The molecule has 7 heteroatoms. The SMILES string of the molecule is CC1(C)Oc2ccc(C#N)cc2[C@@H](n2ccc(C(O)CCCO)cc2=O)[C@@H]1O. The van der Waals surface area contributed by atoms with Gasteiger partial charge in [0.1, 0.15) is 17.5 Å². The molecule has 1 aromatic carbocycles. The molecule has 0 saturated heterocycles. The summed E-state index contributed by atoms with van der Waals surface area (Å²) in [6.07, 6.45) is 0.445. The van der Waals surface area contributed by atoms with Crippen LogP contribution >= 0.6 is 0 Å². The number of ether oxygens (including phenoxy) is 1. The highest BCUT2D eigenvalue weighted by Crippen LogP contribution is 2.41. The minimum atomic E-state index is -1.03. The van der Waals surface area contributed by atoms with E-state index in [0.29, 0.717) is 35.3 Å². The Kier molecular flexibility index (Phi) is 5.57. The van der Waals surface area contributed by atoms with Crippen LogP contribution in [-0.2, 0) is 0 Å². The van der Waals surface area contributed by atoms with Crippen molar-refractivity contribution in [3.63, 3.8) is 0 Å². The molecular formula is C21H24N2O5. The lowest BCUT2D eigenvalue weighted by Gasteiger charge is -2.42. The van der Waals surface area contributed by atoms with Gasteiger partial charge in [-0.25, -0.2) is 0 Å². The maximum Gasteiger partial charge on any atom is 0.251 e. The first-order valence-electron chi connectivity index (χ1n) is 9.20. The number of rotatable bonds is 5. The highest BCUT2D eigenvalue weighted by molar-refractivity contribution is 5.46. The van der Waals surface area contributed by atoms with Crippen LogP contribution in [0.25, 0.3) is 0 Å². The smallest absolute Gasteiger partial charge is 0.251 e. The predicted molar refractivity (Wildman–Crippen MR) is 102 cm³/mol. The summed E-state index contributed by atoms with van der Waals surface area (Å²) in [7, 11) is 0. The molecule has 0 spiro atoms. The third kappa shape index (κ3) is 3.67. The molecule has 1 unspecified atom stereocenters. The van der Waals surface area contributed by atoms with Gasteiger partial charge >= 0.3 is 0 Å². The van der Waals surface area contributed by atoms with Gasteiger partial charge in [-0.05, 0) is 56.5 Å². The Morgan fingerprint density at radius 1 is 1.32 bits per heavy atom. The molecule has 7 nitrogen and oxygen atoms in total. The Balaban J connectivity index is 2.07. The normalized spacial score (nSPS) is 21.3. The lowest BCUT2D eigenvalue weighted by molar-refractivity contribution is -0.0643. The number of nitriles is 1. The van der Waals surface area contributed by atoms with Crippen molar-refractivity contribution in [1.82, 2.24) is 4.57 Å². The third-order valence-electron chi connectivity index (χ3n) is 5.13. The summed E-state index contributed by atoms with van der Waals surface area (Å²) < 4.78 is 7.29. The molecule has 2 aromatic rings. The minimum absolute atomic E-state index is 0.0323. The first-order valence-corrected chi connectivity index (χ1v) is 9.20. The van der Waals surface area contributed by atoms with E-state index in [9.17, 15) is 20.3 Å². The van der Waals surface area contributed by atoms with Crippen LogP contribution in [0.3, 0.4) is 0 Å². The molecular weight excluding hydrogens is 360 g/mol. The summed E-state index contributed by atoms with van der Waals surface area (Å²) >= 11 is 0. The van der Waals surface area contributed by atoms with Gasteiger partial charge in [0.05, 0.1) is 23.8 Å². The quantitative estimate of drug-likeness (QED) is 0.722. The molecule has 148 valence electrons. The van der Waals surface area contributed by atoms with E-state index in [0.717, 1.165) is 0 Å². The van der Waals surface area contributed by atoms with Crippen molar-refractivity contribution < 1.29 is 20.1 Å². The lowest BCUT2D eigenvalue weighted by Crippen LogP contribution is -2.52. The molecule has 0 radical (unpaired) electrons. The van der Waals surface area contributed by atoms with Crippen LogP contribution in [-0.4, -0.2) is 38.2 Å². The summed E-state index contributed by atoms with van der Waals surface area (Å²) in [5.74, 6) is 0.512. The Morgan fingerprint density at radius 2 is 2.07 bits per heavy atom. The number of aromatic nitrogens is 1. The molecule has 3 atom stereocenters. The van der Waals surface area contributed by atoms with Crippen LogP contribution in [0.4, 0.5) is 0 Å². The van der Waals surface area contributed by atoms with E-state index in [1.807, 2.05) is 0 Å². The predicted octanol–water partition coefficient (Wildman–Crippen LogP) is 1.65. The number of hydrogen-bond donors (Lipinski definition) is 3. The van der Waals surface area contributed by atoms with E-state index in [4.69, 9.17) is 9.84 Å². The van der Waals surface area contributed by atoms with Crippen LogP contribution in [0.5, 0.6) is 5.75 Å². The van der Waals surface area contributed by atoms with E-state index in [1.54, 1.807) is 38.1 Å². The van der Waals surface area contributed by atoms with E-state index < -0.39 is 23.9 Å². The monoisotopic (exact) mass is 384 g/mol. The Labute approximate surface area is 163 Å². The minimum Gasteiger partial charge on any atom is -0.485 e. The van der Waals surface area contributed by atoms with Crippen LogP contribution in [0.2, 0.25) is 0 Å². The van der Waals surface area contributed by atoms with Crippen LogP contribution in [0.15, 0.2) is 41.3 Å². The molecule has 0 fully saturated rings. The first kappa shape index (κ1) is 20.1. The summed E-state index contributed by atoms with van der Waals surface area (Å²) in [6.45, 7) is 3.45. The van der Waals surface area contributed by atoms with Crippen LogP contribution in [0.1, 0.15) is 55.5 Å². The van der Waals surface area contributed by atoms with Crippen molar-refractivity contribution in [1.29, 1.82) is 5.26 Å². The van der Waals surface area contributed by atoms with Gasteiger partial charge in [-0.1, -0.05) is 0 Å². The zero-order valence-corrected chi connectivity index (χ0v) is 15.9. The third-order valence-corrected chi connectivity index (χ3v) is 5.13. The first-order chi connectivity index (χ1) is 13.3. The Hall–Kier alpha value is -2.66. The number of nitrogens with zero attached hydrogens (tertiary/aromatic N) is 2. The molecule has 3 N–H and O–H groups in total. The zero-order valence-electron chi connectivity index (χ0n) is 15.9. The second kappa shape index (κ2) is 7.76. The van der Waals surface area contributed by atoms with Crippen LogP contribution in [0, 0.1) is 11.3 Å². The van der Waals surface area contributed by atoms with Gasteiger partial charge in [0.25, 0.3) is 5.56 Å². The highest BCUT2D eigenvalue weighted by Gasteiger charge is 2.44. The maximum atomic E-state index is 12.8. The molecule has 1 aliphatic rings. The lowest BCUT2D eigenvalue weighted by atomic mass is 9.85. The average Bonchev–Trinajstić information content (AvgIpc) is 2.67. The highest BCUT2D eigenvalue weighted by atomic mass is 16.5. The summed E-state index contributed by atoms with van der Waals surface area (Å²) in [5.41, 5.74) is 0.104. The Morgan fingerprint density at radius 3 is 2.71 bits per heavy atom. The molecule has 0 bridgehead atoms. The second-order valence-electron chi connectivity index (χ2n) is 7.55. The number of aliphatic hydroxyl groups excluding tert-OH is 3. The van der Waals surface area contributed by atoms with Gasteiger partial charge in [-0.2, -0.15) is 5.26 Å². The number of fused-ring (bicyclic) bond motifs is 1. The largest absolute Gasteiger partial charge is 0.485 e. The van der Waals surface area contributed by atoms with E-state index in [-0.39, 0.29) is 12.2 Å².